The lowest BCUT2D eigenvalue weighted by atomic mass is 10.1. The molecule has 8 nitrogen and oxygen atoms in total. The maximum atomic E-state index is 13.9. The minimum atomic E-state index is -4.13. The smallest absolute Gasteiger partial charge is 0.264 e. The number of methoxy groups -OCH3 is 1. The maximum absolute atomic E-state index is 13.9. The first kappa shape index (κ1) is 30.0. The fourth-order valence-corrected chi connectivity index (χ4v) is 5.46. The molecule has 0 aliphatic carbocycles. The number of ether oxygens (including phenoxy) is 1. The van der Waals surface area contributed by atoms with Crippen LogP contribution in [0.2, 0.25) is 5.02 Å². The Kier molecular flexibility index (Phi) is 10.4. The summed E-state index contributed by atoms with van der Waals surface area (Å²) < 4.78 is 34.0. The average Bonchev–Trinajstić information content (AvgIpc) is 2.93. The van der Waals surface area contributed by atoms with Gasteiger partial charge in [0.15, 0.2) is 0 Å². The van der Waals surface area contributed by atoms with E-state index in [0.29, 0.717) is 17.3 Å². The fourth-order valence-electron chi connectivity index (χ4n) is 3.92. The second-order valence-corrected chi connectivity index (χ2v) is 11.4. The number of hydrogen-bond acceptors (Lipinski definition) is 5. The van der Waals surface area contributed by atoms with E-state index < -0.39 is 28.5 Å². The quantitative estimate of drug-likeness (QED) is 0.337. The molecule has 0 radical (unpaired) electrons. The van der Waals surface area contributed by atoms with Crippen LogP contribution in [-0.2, 0) is 26.2 Å². The van der Waals surface area contributed by atoms with Gasteiger partial charge in [-0.15, -0.1) is 0 Å². The van der Waals surface area contributed by atoms with Crippen molar-refractivity contribution in [3.8, 4) is 5.75 Å². The molecule has 208 valence electrons. The summed E-state index contributed by atoms with van der Waals surface area (Å²) >= 11 is 6.06. The predicted molar refractivity (Wildman–Crippen MR) is 153 cm³/mol. The van der Waals surface area contributed by atoms with Crippen LogP contribution in [0.3, 0.4) is 0 Å². The minimum Gasteiger partial charge on any atom is -0.497 e. The highest BCUT2D eigenvalue weighted by atomic mass is 35.5. The van der Waals surface area contributed by atoms with Crippen LogP contribution in [0.15, 0.2) is 77.7 Å². The number of aryl methyl sites for hydroxylation is 1. The lowest BCUT2D eigenvalue weighted by Crippen LogP contribution is -2.51. The SMILES string of the molecule is CCCNC(=O)[C@H](C)N(Cc1cccc(OC)c1)C(=O)CN(c1ccc(Cl)cc1)S(=O)(=O)c1ccc(C)cc1. The zero-order valence-corrected chi connectivity index (χ0v) is 24.1. The van der Waals surface area contributed by atoms with Gasteiger partial charge in [-0.3, -0.25) is 13.9 Å². The Hall–Kier alpha value is -3.56. The van der Waals surface area contributed by atoms with Gasteiger partial charge in [0.05, 0.1) is 17.7 Å². The largest absolute Gasteiger partial charge is 0.497 e. The van der Waals surface area contributed by atoms with Gasteiger partial charge in [0, 0.05) is 18.1 Å². The van der Waals surface area contributed by atoms with E-state index in [1.54, 1.807) is 68.6 Å². The zero-order chi connectivity index (χ0) is 28.6. The minimum absolute atomic E-state index is 0.0453. The van der Waals surface area contributed by atoms with Crippen molar-refractivity contribution in [2.24, 2.45) is 0 Å². The van der Waals surface area contributed by atoms with Gasteiger partial charge in [-0.25, -0.2) is 8.42 Å². The number of rotatable bonds is 12. The Bertz CT molecular complexity index is 1380. The van der Waals surface area contributed by atoms with Gasteiger partial charge < -0.3 is 15.0 Å². The van der Waals surface area contributed by atoms with E-state index in [0.717, 1.165) is 21.9 Å². The van der Waals surface area contributed by atoms with Crippen LogP contribution >= 0.6 is 11.6 Å². The van der Waals surface area contributed by atoms with E-state index in [4.69, 9.17) is 16.3 Å². The van der Waals surface area contributed by atoms with Crippen molar-refractivity contribution in [2.45, 2.75) is 44.7 Å². The van der Waals surface area contributed by atoms with Crippen molar-refractivity contribution in [1.82, 2.24) is 10.2 Å². The molecule has 0 unspecified atom stereocenters. The molecule has 39 heavy (non-hydrogen) atoms. The van der Waals surface area contributed by atoms with Gasteiger partial charge in [0.25, 0.3) is 10.0 Å². The standard InChI is InChI=1S/C29H34ClN3O5S/c1-5-17-31-29(35)22(3)32(19-23-7-6-8-26(18-23)38-4)28(34)20-33(25-13-11-24(30)12-14-25)39(36,37)27-15-9-21(2)10-16-27/h6-16,18,22H,5,17,19-20H2,1-4H3,(H,31,35)/t22-/m0/s1. The third kappa shape index (κ3) is 7.74. The van der Waals surface area contributed by atoms with E-state index in [2.05, 4.69) is 5.32 Å². The topological polar surface area (TPSA) is 96.0 Å². The van der Waals surface area contributed by atoms with Gasteiger partial charge in [0.2, 0.25) is 11.8 Å². The highest BCUT2D eigenvalue weighted by Crippen LogP contribution is 2.26. The Morgan fingerprint density at radius 3 is 2.31 bits per heavy atom. The molecule has 0 spiro atoms. The van der Waals surface area contributed by atoms with Crippen molar-refractivity contribution >= 4 is 39.1 Å². The second-order valence-electron chi connectivity index (χ2n) is 9.14. The molecule has 0 aliphatic heterocycles. The Labute approximate surface area is 235 Å². The van der Waals surface area contributed by atoms with Gasteiger partial charge in [-0.1, -0.05) is 48.4 Å². The van der Waals surface area contributed by atoms with Crippen molar-refractivity contribution < 1.29 is 22.7 Å². The summed E-state index contributed by atoms with van der Waals surface area (Å²) in [6, 6.07) is 18.9. The molecule has 3 rings (SSSR count). The Morgan fingerprint density at radius 2 is 1.69 bits per heavy atom. The van der Waals surface area contributed by atoms with Crippen molar-refractivity contribution in [3.05, 3.63) is 88.9 Å². The number of amides is 2. The average molecular weight is 572 g/mol. The Morgan fingerprint density at radius 1 is 1.03 bits per heavy atom. The number of halogens is 1. The number of nitrogens with one attached hydrogen (secondary N) is 1. The zero-order valence-electron chi connectivity index (χ0n) is 22.6. The number of benzene rings is 3. The molecule has 3 aromatic carbocycles. The molecule has 3 aromatic rings. The summed E-state index contributed by atoms with van der Waals surface area (Å²) in [5, 5.41) is 3.25. The van der Waals surface area contributed by atoms with Crippen molar-refractivity contribution in [2.75, 3.05) is 24.5 Å². The molecule has 1 atom stereocenters. The molecule has 0 fully saturated rings. The summed E-state index contributed by atoms with van der Waals surface area (Å²) in [5.41, 5.74) is 1.91. The van der Waals surface area contributed by atoms with E-state index in [1.165, 1.54) is 17.0 Å². The number of carbonyl (C=O) groups is 2. The first-order valence-electron chi connectivity index (χ1n) is 12.6. The first-order chi connectivity index (χ1) is 18.6. The number of hydrogen-bond donors (Lipinski definition) is 1. The molecule has 0 aromatic heterocycles. The molecule has 0 bridgehead atoms. The predicted octanol–water partition coefficient (Wildman–Crippen LogP) is 4.80. The normalized spacial score (nSPS) is 11.9. The van der Waals surface area contributed by atoms with Crippen LogP contribution in [0.4, 0.5) is 5.69 Å². The molecular weight excluding hydrogens is 538 g/mol. The van der Waals surface area contributed by atoms with Crippen LogP contribution in [0, 0.1) is 6.92 Å². The second kappa shape index (κ2) is 13.5. The third-order valence-electron chi connectivity index (χ3n) is 6.21. The molecule has 2 amide bonds. The summed E-state index contributed by atoms with van der Waals surface area (Å²) in [6.07, 6.45) is 0.738. The van der Waals surface area contributed by atoms with Gasteiger partial charge in [-0.2, -0.15) is 0 Å². The molecule has 0 saturated heterocycles. The lowest BCUT2D eigenvalue weighted by Gasteiger charge is -2.32. The summed E-state index contributed by atoms with van der Waals surface area (Å²) in [6.45, 7) is 5.44. The fraction of sp³-hybridized carbons (Fsp3) is 0.310. The molecule has 0 heterocycles. The van der Waals surface area contributed by atoms with Crippen LogP contribution in [-0.4, -0.2) is 51.4 Å². The summed E-state index contributed by atoms with van der Waals surface area (Å²) in [5.74, 6) is -0.261. The van der Waals surface area contributed by atoms with Gasteiger partial charge in [0.1, 0.15) is 18.3 Å². The van der Waals surface area contributed by atoms with Crippen molar-refractivity contribution in [3.63, 3.8) is 0 Å². The van der Waals surface area contributed by atoms with Gasteiger partial charge in [-0.05, 0) is 74.4 Å². The third-order valence-corrected chi connectivity index (χ3v) is 8.25. The first-order valence-corrected chi connectivity index (χ1v) is 14.4. The van der Waals surface area contributed by atoms with Gasteiger partial charge >= 0.3 is 0 Å². The van der Waals surface area contributed by atoms with E-state index in [-0.39, 0.29) is 23.0 Å². The molecule has 10 heteroatoms. The van der Waals surface area contributed by atoms with Crippen LogP contribution in [0.25, 0.3) is 0 Å². The van der Waals surface area contributed by atoms with Crippen LogP contribution in [0.1, 0.15) is 31.4 Å². The summed E-state index contributed by atoms with van der Waals surface area (Å²) in [7, 11) is -2.59. The highest BCUT2D eigenvalue weighted by Gasteiger charge is 2.32. The molecular formula is C29H34ClN3O5S. The van der Waals surface area contributed by atoms with E-state index in [9.17, 15) is 18.0 Å². The number of anilines is 1. The molecule has 0 aliphatic rings. The van der Waals surface area contributed by atoms with E-state index in [1.807, 2.05) is 19.9 Å². The van der Waals surface area contributed by atoms with Crippen LogP contribution < -0.4 is 14.4 Å². The number of nitrogens with zero attached hydrogens (tertiary/aromatic N) is 2. The number of carbonyl (C=O) groups excluding carboxylic acids is 2. The number of sulfonamides is 1. The Balaban J connectivity index is 2.02. The van der Waals surface area contributed by atoms with Crippen molar-refractivity contribution in [1.29, 1.82) is 0 Å². The summed E-state index contributed by atoms with van der Waals surface area (Å²) in [4.78, 5) is 28.2. The molecule has 1 N–H and O–H groups in total. The maximum Gasteiger partial charge on any atom is 0.264 e. The monoisotopic (exact) mass is 571 g/mol. The lowest BCUT2D eigenvalue weighted by molar-refractivity contribution is -0.139. The van der Waals surface area contributed by atoms with E-state index >= 15 is 0 Å². The molecule has 0 saturated carbocycles. The van der Waals surface area contributed by atoms with Crippen LogP contribution in [0.5, 0.6) is 5.75 Å². The highest BCUT2D eigenvalue weighted by molar-refractivity contribution is 7.92.